The van der Waals surface area contributed by atoms with Gasteiger partial charge in [0.15, 0.2) is 5.75 Å². The minimum Gasteiger partial charge on any atom is -0.459 e. The first-order valence-corrected chi connectivity index (χ1v) is 14.5. The maximum Gasteiger partial charge on any atom is 0.410 e. The van der Waals surface area contributed by atoms with Crippen LogP contribution in [0.25, 0.3) is 0 Å². The van der Waals surface area contributed by atoms with Crippen molar-refractivity contribution in [3.63, 3.8) is 0 Å². The summed E-state index contributed by atoms with van der Waals surface area (Å²) in [6, 6.07) is 3.86. The molecule has 7 nitrogen and oxygen atoms in total. The fourth-order valence-corrected chi connectivity index (χ4v) is 7.36. The molecule has 1 fully saturated rings. The van der Waals surface area contributed by atoms with Crippen LogP contribution in [0.2, 0.25) is 0 Å². The second-order valence-electron chi connectivity index (χ2n) is 9.49. The van der Waals surface area contributed by atoms with E-state index < -0.39 is 23.1 Å². The first-order chi connectivity index (χ1) is 15.7. The van der Waals surface area contributed by atoms with Crippen LogP contribution in [0.5, 0.6) is 5.75 Å². The molecule has 0 radical (unpaired) electrons. The number of halogens is 3. The molecule has 1 aromatic carbocycles. The number of carbonyl (C=O) groups is 3. The van der Waals surface area contributed by atoms with Crippen molar-refractivity contribution in [2.45, 2.75) is 77.9 Å². The van der Waals surface area contributed by atoms with E-state index >= 15 is 0 Å². The second-order valence-corrected chi connectivity index (χ2v) is 13.1. The van der Waals surface area contributed by atoms with Gasteiger partial charge in [0.25, 0.3) is 0 Å². The van der Waals surface area contributed by atoms with Gasteiger partial charge in [0.1, 0.15) is 11.2 Å². The number of amides is 1. The molecule has 2 rings (SSSR count). The van der Waals surface area contributed by atoms with Crippen molar-refractivity contribution in [3.8, 4) is 5.75 Å². The number of hydrogen-bond donors (Lipinski definition) is 0. The Kier molecular flexibility index (Phi) is 11.2. The summed E-state index contributed by atoms with van der Waals surface area (Å²) in [5.41, 5.74) is -1.18. The number of ether oxygens (including phenoxy) is 3. The third kappa shape index (κ3) is 8.93. The molecule has 190 valence electrons. The van der Waals surface area contributed by atoms with Gasteiger partial charge in [-0.2, -0.15) is 0 Å². The first kappa shape index (κ1) is 29.8. The average Bonchev–Trinajstić information content (AvgIpc) is 2.74. The lowest BCUT2D eigenvalue weighted by Crippen LogP contribution is -2.47. The van der Waals surface area contributed by atoms with Crippen LogP contribution in [-0.2, 0) is 19.1 Å². The molecule has 1 aliphatic heterocycles. The van der Waals surface area contributed by atoms with E-state index in [0.29, 0.717) is 31.7 Å². The van der Waals surface area contributed by atoms with Gasteiger partial charge in [0.2, 0.25) is 0 Å². The fourth-order valence-electron chi connectivity index (χ4n) is 3.55. The second kappa shape index (κ2) is 12.7. The molecule has 0 saturated carbocycles. The van der Waals surface area contributed by atoms with Crippen molar-refractivity contribution in [3.05, 3.63) is 22.8 Å². The smallest absolute Gasteiger partial charge is 0.410 e. The molecule has 0 N–H and O–H groups in total. The van der Waals surface area contributed by atoms with Crippen molar-refractivity contribution >= 4 is 85.8 Å². The Balaban J connectivity index is 1.81. The number of carbonyl (C=O) groups excluding carboxylic acids is 3. The van der Waals surface area contributed by atoms with E-state index in [4.69, 9.17) is 14.2 Å². The lowest BCUT2D eigenvalue weighted by molar-refractivity contribution is -0.165. The van der Waals surface area contributed by atoms with Crippen LogP contribution >= 0.6 is 67.8 Å². The Morgan fingerprint density at radius 2 is 1.47 bits per heavy atom. The van der Waals surface area contributed by atoms with E-state index in [1.165, 1.54) is 0 Å². The number of piperidine rings is 1. The highest BCUT2D eigenvalue weighted by Gasteiger charge is 2.37. The summed E-state index contributed by atoms with van der Waals surface area (Å²) in [5, 5.41) is 0. The monoisotopic (exact) mass is 811 g/mol. The third-order valence-corrected chi connectivity index (χ3v) is 8.27. The lowest BCUT2D eigenvalue weighted by atomic mass is 9.83. The van der Waals surface area contributed by atoms with Crippen molar-refractivity contribution in [2.75, 3.05) is 13.1 Å². The summed E-state index contributed by atoms with van der Waals surface area (Å²) in [5.74, 6) is -0.261. The summed E-state index contributed by atoms with van der Waals surface area (Å²) >= 11 is 6.47. The average molecular weight is 811 g/mol. The van der Waals surface area contributed by atoms with Crippen LogP contribution in [0.1, 0.15) is 66.7 Å². The largest absolute Gasteiger partial charge is 0.459 e. The molecule has 1 heterocycles. The fraction of sp³-hybridized carbons (Fsp3) is 0.625. The van der Waals surface area contributed by atoms with Gasteiger partial charge in [-0.15, -0.1) is 0 Å². The maximum absolute atomic E-state index is 12.5. The molecule has 34 heavy (non-hydrogen) atoms. The lowest BCUT2D eigenvalue weighted by Gasteiger charge is -2.40. The predicted molar refractivity (Wildman–Crippen MR) is 155 cm³/mol. The molecule has 10 heteroatoms. The summed E-state index contributed by atoms with van der Waals surface area (Å²) in [4.78, 5) is 38.9. The SMILES string of the molecule is CCC(C)(C)OC(=O)N1CCC(C(C)(C)OC(=O)CCC(=O)Oc2c(I)cc(I)cc2I)CC1. The zero-order chi connectivity index (χ0) is 25.7. The number of nitrogens with zero attached hydrogens (tertiary/aromatic N) is 1. The zero-order valence-corrected chi connectivity index (χ0v) is 26.7. The van der Waals surface area contributed by atoms with Gasteiger partial charge < -0.3 is 19.1 Å². The van der Waals surface area contributed by atoms with E-state index in [1.807, 2.05) is 46.8 Å². The minimum atomic E-state index is -0.694. The Morgan fingerprint density at radius 1 is 0.941 bits per heavy atom. The number of benzene rings is 1. The van der Waals surface area contributed by atoms with Gasteiger partial charge in [0.05, 0.1) is 20.0 Å². The van der Waals surface area contributed by atoms with Gasteiger partial charge in [-0.25, -0.2) is 4.79 Å². The molecule has 1 aromatic rings. The van der Waals surface area contributed by atoms with E-state index in [1.54, 1.807) is 4.90 Å². The Morgan fingerprint density at radius 3 is 2.00 bits per heavy atom. The van der Waals surface area contributed by atoms with Crippen LogP contribution in [0.3, 0.4) is 0 Å². The molecule has 0 spiro atoms. The normalized spacial score (nSPS) is 15.1. The summed E-state index contributed by atoms with van der Waals surface area (Å²) in [6.07, 6.45) is 1.79. The maximum atomic E-state index is 12.5. The number of rotatable bonds is 8. The van der Waals surface area contributed by atoms with Crippen LogP contribution in [0, 0.1) is 16.6 Å². The summed E-state index contributed by atoms with van der Waals surface area (Å²) < 4.78 is 19.6. The topological polar surface area (TPSA) is 82.1 Å². The van der Waals surface area contributed by atoms with Gasteiger partial charge in [-0.3, -0.25) is 9.59 Å². The number of hydrogen-bond acceptors (Lipinski definition) is 6. The molecule has 0 bridgehead atoms. The van der Waals surface area contributed by atoms with E-state index in [-0.39, 0.29) is 24.9 Å². The minimum absolute atomic E-state index is 0.0446. The van der Waals surface area contributed by atoms with Gasteiger partial charge >= 0.3 is 18.0 Å². The van der Waals surface area contributed by atoms with Crippen LogP contribution in [-0.4, -0.2) is 47.2 Å². The molecule has 1 amide bonds. The molecule has 0 atom stereocenters. The number of likely N-dealkylation sites (tertiary alicyclic amines) is 1. The van der Waals surface area contributed by atoms with Gasteiger partial charge in [-0.05, 0) is 127 Å². The molecular weight excluding hydrogens is 779 g/mol. The van der Waals surface area contributed by atoms with Crippen molar-refractivity contribution in [1.29, 1.82) is 0 Å². The highest BCUT2D eigenvalue weighted by molar-refractivity contribution is 14.1. The molecule has 1 aliphatic rings. The summed E-state index contributed by atoms with van der Waals surface area (Å²) in [7, 11) is 0. The van der Waals surface area contributed by atoms with E-state index in [2.05, 4.69) is 67.8 Å². The molecule has 1 saturated heterocycles. The molecule has 0 aromatic heterocycles. The predicted octanol–water partition coefficient (Wildman–Crippen LogP) is 6.55. The molecule has 0 aliphatic carbocycles. The number of esters is 2. The standard InChI is InChI=1S/C24H32I3NO6/c1-6-23(2,3)34-22(31)28-11-9-15(10-12-28)24(4,5)33-20(30)8-7-19(29)32-21-17(26)13-16(25)14-18(21)27/h13-15H,6-12H2,1-5H3. The Bertz CT molecular complexity index is 887. The molecular formula is C24H32I3NO6. The van der Waals surface area contributed by atoms with Crippen molar-refractivity contribution in [2.24, 2.45) is 5.92 Å². The van der Waals surface area contributed by atoms with Crippen LogP contribution in [0.15, 0.2) is 12.1 Å². The van der Waals surface area contributed by atoms with Gasteiger partial charge in [-0.1, -0.05) is 6.92 Å². The van der Waals surface area contributed by atoms with Crippen LogP contribution in [0.4, 0.5) is 4.79 Å². The first-order valence-electron chi connectivity index (χ1n) is 11.3. The quantitative estimate of drug-likeness (QED) is 0.169. The zero-order valence-electron chi connectivity index (χ0n) is 20.2. The Hall–Kier alpha value is -0.380. The van der Waals surface area contributed by atoms with E-state index in [9.17, 15) is 14.4 Å². The van der Waals surface area contributed by atoms with Gasteiger partial charge in [0, 0.05) is 22.6 Å². The highest BCUT2D eigenvalue weighted by atomic mass is 127. The van der Waals surface area contributed by atoms with Crippen LogP contribution < -0.4 is 4.74 Å². The van der Waals surface area contributed by atoms with E-state index in [0.717, 1.165) is 17.1 Å². The van der Waals surface area contributed by atoms with Crippen molar-refractivity contribution in [1.82, 2.24) is 4.90 Å². The molecule has 0 unspecified atom stereocenters. The van der Waals surface area contributed by atoms with Crippen molar-refractivity contribution < 1.29 is 28.6 Å². The third-order valence-electron chi connectivity index (χ3n) is 6.04. The Labute approximate surface area is 242 Å². The summed E-state index contributed by atoms with van der Waals surface area (Å²) in [6.45, 7) is 10.7. The highest BCUT2D eigenvalue weighted by Crippen LogP contribution is 2.33.